The Kier molecular flexibility index (Phi) is 5.56. The maximum absolute atomic E-state index is 5.86. The van der Waals surface area contributed by atoms with Crippen LogP contribution in [0.25, 0.3) is 0 Å². The third-order valence-corrected chi connectivity index (χ3v) is 3.93. The standard InChI is InChI=1S/C15H17ClO3S/c1-17-13-7-12(9-16)8-14(18-2)15(13)19-5-3-11-4-6-20-10-11/h4,6-8,10H,3,5,9H2,1-2H3. The maximum Gasteiger partial charge on any atom is 0.203 e. The highest BCUT2D eigenvalue weighted by molar-refractivity contribution is 7.07. The van der Waals surface area contributed by atoms with Crippen molar-refractivity contribution in [2.24, 2.45) is 0 Å². The lowest BCUT2D eigenvalue weighted by molar-refractivity contribution is 0.277. The number of rotatable bonds is 7. The molecule has 3 nitrogen and oxygen atoms in total. The summed E-state index contributed by atoms with van der Waals surface area (Å²) in [5.41, 5.74) is 2.20. The largest absolute Gasteiger partial charge is 0.493 e. The van der Waals surface area contributed by atoms with Crippen molar-refractivity contribution >= 4 is 22.9 Å². The minimum atomic E-state index is 0.405. The van der Waals surface area contributed by atoms with Crippen molar-refractivity contribution in [3.63, 3.8) is 0 Å². The predicted octanol–water partition coefficient (Wildman–Crippen LogP) is 4.13. The molecule has 1 heterocycles. The smallest absolute Gasteiger partial charge is 0.203 e. The van der Waals surface area contributed by atoms with Gasteiger partial charge in [0.1, 0.15) is 0 Å². The van der Waals surface area contributed by atoms with Crippen molar-refractivity contribution in [3.8, 4) is 17.2 Å². The van der Waals surface area contributed by atoms with E-state index in [2.05, 4.69) is 16.8 Å². The molecule has 1 aromatic heterocycles. The Hall–Kier alpha value is -1.39. The van der Waals surface area contributed by atoms with E-state index in [0.29, 0.717) is 29.7 Å². The van der Waals surface area contributed by atoms with E-state index in [1.165, 1.54) is 5.56 Å². The summed E-state index contributed by atoms with van der Waals surface area (Å²) in [6.45, 7) is 0.573. The molecule has 0 bridgehead atoms. The van der Waals surface area contributed by atoms with Gasteiger partial charge < -0.3 is 14.2 Å². The van der Waals surface area contributed by atoms with Gasteiger partial charge in [0.05, 0.1) is 20.8 Å². The first-order valence-corrected chi connectivity index (χ1v) is 7.71. The van der Waals surface area contributed by atoms with Crippen LogP contribution in [-0.4, -0.2) is 20.8 Å². The first kappa shape index (κ1) is 15.0. The van der Waals surface area contributed by atoms with Gasteiger partial charge in [0.15, 0.2) is 11.5 Å². The number of halogens is 1. The molecule has 2 aromatic rings. The van der Waals surface area contributed by atoms with Crippen LogP contribution < -0.4 is 14.2 Å². The number of thiophene rings is 1. The normalized spacial score (nSPS) is 10.3. The zero-order valence-electron chi connectivity index (χ0n) is 11.5. The molecule has 1 aromatic carbocycles. The Labute approximate surface area is 128 Å². The maximum atomic E-state index is 5.86. The van der Waals surface area contributed by atoms with Gasteiger partial charge in [0.2, 0.25) is 5.75 Å². The van der Waals surface area contributed by atoms with Gasteiger partial charge in [-0.3, -0.25) is 0 Å². The van der Waals surface area contributed by atoms with Crippen LogP contribution in [0.5, 0.6) is 17.2 Å². The summed E-state index contributed by atoms with van der Waals surface area (Å²) in [7, 11) is 3.22. The Morgan fingerprint density at radius 3 is 2.30 bits per heavy atom. The Morgan fingerprint density at radius 2 is 1.80 bits per heavy atom. The molecule has 0 aliphatic rings. The summed E-state index contributed by atoms with van der Waals surface area (Å²) in [5, 5.41) is 4.18. The monoisotopic (exact) mass is 312 g/mol. The van der Waals surface area contributed by atoms with Crippen molar-refractivity contribution in [1.82, 2.24) is 0 Å². The minimum absolute atomic E-state index is 0.405. The van der Waals surface area contributed by atoms with Crippen LogP contribution in [0.3, 0.4) is 0 Å². The van der Waals surface area contributed by atoms with E-state index in [0.717, 1.165) is 12.0 Å². The van der Waals surface area contributed by atoms with E-state index in [1.807, 2.05) is 12.1 Å². The molecular weight excluding hydrogens is 296 g/mol. The molecule has 20 heavy (non-hydrogen) atoms. The first-order valence-electron chi connectivity index (χ1n) is 6.23. The number of methoxy groups -OCH3 is 2. The van der Waals surface area contributed by atoms with E-state index in [4.69, 9.17) is 25.8 Å². The molecule has 0 fully saturated rings. The molecule has 0 unspecified atom stereocenters. The van der Waals surface area contributed by atoms with Crippen LogP contribution in [0.1, 0.15) is 11.1 Å². The first-order chi connectivity index (χ1) is 9.78. The molecule has 5 heteroatoms. The van der Waals surface area contributed by atoms with E-state index < -0.39 is 0 Å². The highest BCUT2D eigenvalue weighted by atomic mass is 35.5. The zero-order valence-corrected chi connectivity index (χ0v) is 13.1. The fraction of sp³-hybridized carbons (Fsp3) is 0.333. The molecule has 0 saturated carbocycles. The molecule has 0 aliphatic heterocycles. The van der Waals surface area contributed by atoms with Crippen LogP contribution in [0.15, 0.2) is 29.0 Å². The fourth-order valence-corrected chi connectivity index (χ4v) is 2.72. The molecule has 0 saturated heterocycles. The van der Waals surface area contributed by atoms with Crippen LogP contribution in [0.2, 0.25) is 0 Å². The van der Waals surface area contributed by atoms with Gasteiger partial charge in [0.25, 0.3) is 0 Å². The van der Waals surface area contributed by atoms with Gasteiger partial charge >= 0.3 is 0 Å². The number of benzene rings is 1. The summed E-state index contributed by atoms with van der Waals surface area (Å²) in [6.07, 6.45) is 0.854. The SMILES string of the molecule is COc1cc(CCl)cc(OC)c1OCCc1ccsc1. The third-order valence-electron chi connectivity index (χ3n) is 2.89. The summed E-state index contributed by atoms with van der Waals surface area (Å²) in [5.74, 6) is 2.32. The summed E-state index contributed by atoms with van der Waals surface area (Å²) in [4.78, 5) is 0. The molecule has 0 spiro atoms. The van der Waals surface area contributed by atoms with Crippen molar-refractivity contribution in [2.75, 3.05) is 20.8 Å². The Balaban J connectivity index is 2.12. The molecule has 0 radical (unpaired) electrons. The molecule has 2 rings (SSSR count). The lowest BCUT2D eigenvalue weighted by Crippen LogP contribution is -2.04. The van der Waals surface area contributed by atoms with Crippen molar-refractivity contribution < 1.29 is 14.2 Å². The van der Waals surface area contributed by atoms with Gasteiger partial charge in [0, 0.05) is 12.3 Å². The van der Waals surface area contributed by atoms with Crippen molar-refractivity contribution in [2.45, 2.75) is 12.3 Å². The fourth-order valence-electron chi connectivity index (χ4n) is 1.86. The summed E-state index contributed by atoms with van der Waals surface area (Å²) < 4.78 is 16.5. The third kappa shape index (κ3) is 3.58. The highest BCUT2D eigenvalue weighted by Crippen LogP contribution is 2.39. The highest BCUT2D eigenvalue weighted by Gasteiger charge is 2.14. The lowest BCUT2D eigenvalue weighted by Gasteiger charge is -2.15. The Bertz CT molecular complexity index is 515. The van der Waals surface area contributed by atoms with Crippen molar-refractivity contribution in [1.29, 1.82) is 0 Å². The minimum Gasteiger partial charge on any atom is -0.493 e. The summed E-state index contributed by atoms with van der Waals surface area (Å²) in [6, 6.07) is 5.84. The van der Waals surface area contributed by atoms with E-state index >= 15 is 0 Å². The topological polar surface area (TPSA) is 27.7 Å². The Morgan fingerprint density at radius 1 is 1.10 bits per heavy atom. The average molecular weight is 313 g/mol. The second-order valence-electron chi connectivity index (χ2n) is 4.19. The number of alkyl halides is 1. The molecule has 0 atom stereocenters. The molecular formula is C15H17ClO3S. The zero-order chi connectivity index (χ0) is 14.4. The molecule has 0 aliphatic carbocycles. The van der Waals surface area contributed by atoms with Gasteiger partial charge in [-0.05, 0) is 40.1 Å². The predicted molar refractivity (Wildman–Crippen MR) is 82.6 cm³/mol. The molecule has 108 valence electrons. The van der Waals surface area contributed by atoms with Crippen LogP contribution in [0.4, 0.5) is 0 Å². The second kappa shape index (κ2) is 7.41. The summed E-state index contributed by atoms with van der Waals surface area (Å²) >= 11 is 7.54. The molecule has 0 amide bonds. The number of hydrogen-bond acceptors (Lipinski definition) is 4. The lowest BCUT2D eigenvalue weighted by atomic mass is 10.2. The van der Waals surface area contributed by atoms with Crippen LogP contribution in [-0.2, 0) is 12.3 Å². The van der Waals surface area contributed by atoms with Gasteiger partial charge in [-0.2, -0.15) is 11.3 Å². The van der Waals surface area contributed by atoms with E-state index in [9.17, 15) is 0 Å². The van der Waals surface area contributed by atoms with Crippen LogP contribution >= 0.6 is 22.9 Å². The van der Waals surface area contributed by atoms with E-state index in [-0.39, 0.29) is 0 Å². The van der Waals surface area contributed by atoms with Crippen molar-refractivity contribution in [3.05, 3.63) is 40.1 Å². The number of hydrogen-bond donors (Lipinski definition) is 0. The van der Waals surface area contributed by atoms with Gasteiger partial charge in [-0.15, -0.1) is 11.6 Å². The average Bonchev–Trinajstić information content (AvgIpc) is 3.00. The quantitative estimate of drug-likeness (QED) is 0.720. The number of ether oxygens (including phenoxy) is 3. The van der Waals surface area contributed by atoms with Gasteiger partial charge in [-0.25, -0.2) is 0 Å². The second-order valence-corrected chi connectivity index (χ2v) is 5.24. The molecule has 0 N–H and O–H groups in total. The van der Waals surface area contributed by atoms with Crippen LogP contribution in [0, 0.1) is 0 Å². The van der Waals surface area contributed by atoms with E-state index in [1.54, 1.807) is 25.6 Å². The van der Waals surface area contributed by atoms with Gasteiger partial charge in [-0.1, -0.05) is 0 Å².